The van der Waals surface area contributed by atoms with Gasteiger partial charge in [0.2, 0.25) is 5.82 Å². The van der Waals surface area contributed by atoms with Crippen molar-refractivity contribution in [3.05, 3.63) is 54.1 Å². The van der Waals surface area contributed by atoms with Gasteiger partial charge in [-0.15, -0.1) is 0 Å². The number of pyridine rings is 1. The number of anilines is 1. The standard InChI is InChI=1S/C20H22N4O5/c1-27-11-9-21-19(25)17-15-6-4-5-10-24(15)18(23-17)20(26)22-14-8-7-13(28-2)12-16(14)29-3/h4-8,10,12H,9,11H2,1-3H3,(H,21,25)(H,22,26). The third kappa shape index (κ3) is 4.30. The molecule has 0 saturated heterocycles. The van der Waals surface area contributed by atoms with Gasteiger partial charge >= 0.3 is 0 Å². The fourth-order valence-electron chi connectivity index (χ4n) is 2.80. The Morgan fingerprint density at radius 1 is 1.07 bits per heavy atom. The normalized spacial score (nSPS) is 10.6. The highest BCUT2D eigenvalue weighted by molar-refractivity contribution is 6.06. The van der Waals surface area contributed by atoms with Crippen LogP contribution in [0.3, 0.4) is 0 Å². The Labute approximate surface area is 167 Å². The molecule has 0 atom stereocenters. The summed E-state index contributed by atoms with van der Waals surface area (Å²) in [4.78, 5) is 29.7. The molecule has 3 rings (SSSR count). The molecule has 2 amide bonds. The molecule has 0 aliphatic carbocycles. The van der Waals surface area contributed by atoms with Crippen LogP contribution in [0.4, 0.5) is 5.69 Å². The maximum Gasteiger partial charge on any atom is 0.292 e. The molecule has 152 valence electrons. The van der Waals surface area contributed by atoms with Gasteiger partial charge in [-0.2, -0.15) is 0 Å². The van der Waals surface area contributed by atoms with Crippen molar-refractivity contribution in [3.63, 3.8) is 0 Å². The number of rotatable bonds is 8. The van der Waals surface area contributed by atoms with E-state index in [-0.39, 0.29) is 17.4 Å². The van der Waals surface area contributed by atoms with E-state index < -0.39 is 5.91 Å². The highest BCUT2D eigenvalue weighted by Gasteiger charge is 2.22. The third-order valence-electron chi connectivity index (χ3n) is 4.22. The number of nitrogens with zero attached hydrogens (tertiary/aromatic N) is 2. The monoisotopic (exact) mass is 398 g/mol. The van der Waals surface area contributed by atoms with Crippen LogP contribution in [-0.4, -0.2) is 55.7 Å². The molecular formula is C20H22N4O5. The smallest absolute Gasteiger partial charge is 0.292 e. The lowest BCUT2D eigenvalue weighted by Crippen LogP contribution is -2.27. The van der Waals surface area contributed by atoms with Gasteiger partial charge in [-0.3, -0.25) is 14.0 Å². The van der Waals surface area contributed by atoms with E-state index in [2.05, 4.69) is 15.6 Å². The van der Waals surface area contributed by atoms with Gasteiger partial charge in [-0.1, -0.05) is 6.07 Å². The van der Waals surface area contributed by atoms with E-state index in [0.29, 0.717) is 35.9 Å². The van der Waals surface area contributed by atoms with Crippen molar-refractivity contribution in [2.75, 3.05) is 39.8 Å². The first-order valence-electron chi connectivity index (χ1n) is 8.86. The van der Waals surface area contributed by atoms with Crippen molar-refractivity contribution in [3.8, 4) is 11.5 Å². The van der Waals surface area contributed by atoms with E-state index >= 15 is 0 Å². The van der Waals surface area contributed by atoms with Crippen molar-refractivity contribution in [1.82, 2.24) is 14.7 Å². The second-order valence-electron chi connectivity index (χ2n) is 6.01. The Balaban J connectivity index is 1.91. The topological polar surface area (TPSA) is 103 Å². The summed E-state index contributed by atoms with van der Waals surface area (Å²) in [5.74, 6) is 0.255. The molecule has 1 aromatic carbocycles. The van der Waals surface area contributed by atoms with Crippen molar-refractivity contribution in [2.24, 2.45) is 0 Å². The van der Waals surface area contributed by atoms with Gasteiger partial charge in [0.1, 0.15) is 11.5 Å². The van der Waals surface area contributed by atoms with Gasteiger partial charge in [-0.25, -0.2) is 4.98 Å². The van der Waals surface area contributed by atoms with Crippen LogP contribution in [-0.2, 0) is 4.74 Å². The minimum Gasteiger partial charge on any atom is -0.497 e. The van der Waals surface area contributed by atoms with Crippen LogP contribution in [0, 0.1) is 0 Å². The molecule has 0 aliphatic rings. The van der Waals surface area contributed by atoms with Crippen LogP contribution in [0.15, 0.2) is 42.6 Å². The zero-order valence-corrected chi connectivity index (χ0v) is 16.4. The van der Waals surface area contributed by atoms with E-state index in [4.69, 9.17) is 14.2 Å². The Morgan fingerprint density at radius 2 is 1.90 bits per heavy atom. The Hall–Kier alpha value is -3.59. The molecule has 9 nitrogen and oxygen atoms in total. The van der Waals surface area contributed by atoms with Gasteiger partial charge in [0, 0.05) is 25.9 Å². The number of imidazole rings is 1. The quantitative estimate of drug-likeness (QED) is 0.563. The largest absolute Gasteiger partial charge is 0.497 e. The van der Waals surface area contributed by atoms with Crippen LogP contribution >= 0.6 is 0 Å². The number of fused-ring (bicyclic) bond motifs is 1. The van der Waals surface area contributed by atoms with E-state index in [1.54, 1.807) is 61.2 Å². The van der Waals surface area contributed by atoms with Crippen LogP contribution in [0.25, 0.3) is 5.52 Å². The van der Waals surface area contributed by atoms with Crippen LogP contribution in [0.2, 0.25) is 0 Å². The lowest BCUT2D eigenvalue weighted by atomic mass is 10.2. The molecule has 2 N–H and O–H groups in total. The van der Waals surface area contributed by atoms with E-state index in [9.17, 15) is 9.59 Å². The predicted octanol–water partition coefficient (Wildman–Crippen LogP) is 1.98. The summed E-state index contributed by atoms with van der Waals surface area (Å²) in [6, 6.07) is 10.3. The van der Waals surface area contributed by atoms with Gasteiger partial charge in [-0.05, 0) is 24.3 Å². The fraction of sp³-hybridized carbons (Fsp3) is 0.250. The number of hydrogen-bond donors (Lipinski definition) is 2. The first-order valence-corrected chi connectivity index (χ1v) is 8.86. The number of methoxy groups -OCH3 is 3. The molecule has 3 aromatic rings. The van der Waals surface area contributed by atoms with Crippen LogP contribution in [0.1, 0.15) is 21.1 Å². The minimum absolute atomic E-state index is 0.0790. The summed E-state index contributed by atoms with van der Waals surface area (Å²) in [5.41, 5.74) is 1.14. The summed E-state index contributed by atoms with van der Waals surface area (Å²) in [5, 5.41) is 5.49. The van der Waals surface area contributed by atoms with Crippen LogP contribution in [0.5, 0.6) is 11.5 Å². The number of aromatic nitrogens is 2. The summed E-state index contributed by atoms with van der Waals surface area (Å²) in [7, 11) is 4.59. The molecule has 0 fully saturated rings. The SMILES string of the molecule is COCCNC(=O)c1nc(C(=O)Nc2ccc(OC)cc2OC)n2ccccc12. The third-order valence-corrected chi connectivity index (χ3v) is 4.22. The number of hydrogen-bond acceptors (Lipinski definition) is 6. The molecule has 0 radical (unpaired) electrons. The first-order chi connectivity index (χ1) is 14.1. The molecule has 0 bridgehead atoms. The molecular weight excluding hydrogens is 376 g/mol. The molecule has 9 heteroatoms. The van der Waals surface area contributed by atoms with E-state index in [1.807, 2.05) is 0 Å². The van der Waals surface area contributed by atoms with Gasteiger partial charge in [0.15, 0.2) is 5.69 Å². The maximum absolute atomic E-state index is 12.9. The lowest BCUT2D eigenvalue weighted by molar-refractivity contribution is 0.0934. The Kier molecular flexibility index (Phi) is 6.30. The fourth-order valence-corrected chi connectivity index (χ4v) is 2.80. The van der Waals surface area contributed by atoms with Crippen molar-refractivity contribution >= 4 is 23.0 Å². The summed E-state index contributed by atoms with van der Waals surface area (Å²) in [6.07, 6.45) is 1.68. The number of nitrogens with one attached hydrogen (secondary N) is 2. The van der Waals surface area contributed by atoms with E-state index in [1.165, 1.54) is 7.11 Å². The summed E-state index contributed by atoms with van der Waals surface area (Å²) >= 11 is 0. The summed E-state index contributed by atoms with van der Waals surface area (Å²) < 4.78 is 17.0. The maximum atomic E-state index is 12.9. The van der Waals surface area contributed by atoms with Gasteiger partial charge in [0.05, 0.1) is 32.0 Å². The molecule has 0 spiro atoms. The minimum atomic E-state index is -0.481. The van der Waals surface area contributed by atoms with Crippen molar-refractivity contribution in [1.29, 1.82) is 0 Å². The highest BCUT2D eigenvalue weighted by atomic mass is 16.5. The van der Waals surface area contributed by atoms with Crippen molar-refractivity contribution in [2.45, 2.75) is 0 Å². The van der Waals surface area contributed by atoms with Crippen molar-refractivity contribution < 1.29 is 23.8 Å². The number of carbonyl (C=O) groups is 2. The van der Waals surface area contributed by atoms with E-state index in [0.717, 1.165) is 0 Å². The second-order valence-corrected chi connectivity index (χ2v) is 6.01. The molecule has 0 aliphatic heterocycles. The zero-order chi connectivity index (χ0) is 20.8. The average Bonchev–Trinajstić information content (AvgIpc) is 3.14. The number of amides is 2. The molecule has 2 heterocycles. The second kappa shape index (κ2) is 9.07. The Bertz CT molecular complexity index is 1030. The number of benzene rings is 1. The lowest BCUT2D eigenvalue weighted by Gasteiger charge is -2.11. The Morgan fingerprint density at radius 3 is 2.62 bits per heavy atom. The predicted molar refractivity (Wildman–Crippen MR) is 107 cm³/mol. The van der Waals surface area contributed by atoms with Gasteiger partial charge in [0.25, 0.3) is 11.8 Å². The summed E-state index contributed by atoms with van der Waals surface area (Å²) in [6.45, 7) is 0.716. The highest BCUT2D eigenvalue weighted by Crippen LogP contribution is 2.29. The molecule has 0 unspecified atom stereocenters. The molecule has 0 saturated carbocycles. The van der Waals surface area contributed by atoms with Crippen LogP contribution < -0.4 is 20.1 Å². The van der Waals surface area contributed by atoms with Gasteiger partial charge < -0.3 is 24.8 Å². The number of carbonyl (C=O) groups excluding carboxylic acids is 2. The average molecular weight is 398 g/mol. The number of ether oxygens (including phenoxy) is 3. The molecule has 29 heavy (non-hydrogen) atoms. The first kappa shape index (κ1) is 20.2. The molecule has 2 aromatic heterocycles. The zero-order valence-electron chi connectivity index (χ0n) is 16.4.